The first-order valence-corrected chi connectivity index (χ1v) is 18.9. The Hall–Kier alpha value is -6.49. The van der Waals surface area contributed by atoms with Crippen molar-refractivity contribution in [1.82, 2.24) is 10.6 Å². The van der Waals surface area contributed by atoms with Crippen LogP contribution in [0.5, 0.6) is 11.5 Å². The van der Waals surface area contributed by atoms with Crippen molar-refractivity contribution in [2.24, 2.45) is 10.9 Å². The third-order valence-corrected chi connectivity index (χ3v) is 11.9. The molecule has 7 aromatic carbocycles. The van der Waals surface area contributed by atoms with Crippen molar-refractivity contribution in [2.45, 2.75) is 23.7 Å². The summed E-state index contributed by atoms with van der Waals surface area (Å²) in [6.07, 6.45) is 8.73. The van der Waals surface area contributed by atoms with Gasteiger partial charge >= 0.3 is 0 Å². The van der Waals surface area contributed by atoms with Crippen LogP contribution in [0.15, 0.2) is 193 Å². The van der Waals surface area contributed by atoms with E-state index in [9.17, 15) is 0 Å². The molecule has 2 N–H and O–H groups in total. The molecule has 7 aromatic rings. The van der Waals surface area contributed by atoms with Gasteiger partial charge in [0, 0.05) is 28.5 Å². The predicted octanol–water partition coefficient (Wildman–Crippen LogP) is 11.1. The number of hydrogen-bond acceptors (Lipinski definition) is 4. The number of allylic oxidation sites excluding steroid dienone is 4. The number of hydrogen-bond donors (Lipinski definition) is 2. The molecule has 0 aromatic heterocycles. The molecule has 0 bridgehead atoms. The summed E-state index contributed by atoms with van der Waals surface area (Å²) in [7, 11) is 0. The average molecular weight is 696 g/mol. The van der Waals surface area contributed by atoms with Crippen LogP contribution in [0.1, 0.15) is 57.2 Å². The minimum atomic E-state index is -0.419. The molecule has 258 valence electrons. The van der Waals surface area contributed by atoms with Gasteiger partial charge in [0.05, 0.1) is 5.41 Å². The van der Waals surface area contributed by atoms with Gasteiger partial charge in [0.2, 0.25) is 0 Å². The number of nitrogens with zero attached hydrogens (tertiary/aromatic N) is 1. The van der Waals surface area contributed by atoms with Gasteiger partial charge in [0.25, 0.3) is 0 Å². The fourth-order valence-electron chi connectivity index (χ4n) is 9.45. The molecule has 11 rings (SSSR count). The zero-order valence-electron chi connectivity index (χ0n) is 29.6. The Morgan fingerprint density at radius 2 is 1.20 bits per heavy atom. The van der Waals surface area contributed by atoms with Crippen LogP contribution >= 0.6 is 0 Å². The van der Waals surface area contributed by atoms with Gasteiger partial charge in [0.15, 0.2) is 0 Å². The van der Waals surface area contributed by atoms with Crippen molar-refractivity contribution in [3.05, 3.63) is 227 Å². The molecule has 2 aliphatic carbocycles. The van der Waals surface area contributed by atoms with Gasteiger partial charge in [0.1, 0.15) is 29.7 Å². The van der Waals surface area contributed by atoms with Gasteiger partial charge in [-0.15, -0.1) is 0 Å². The third-order valence-electron chi connectivity index (χ3n) is 11.9. The van der Waals surface area contributed by atoms with Crippen LogP contribution in [0.2, 0.25) is 0 Å². The van der Waals surface area contributed by atoms with Crippen molar-refractivity contribution < 1.29 is 4.74 Å². The first-order valence-electron chi connectivity index (χ1n) is 18.9. The fraction of sp³-hybridized carbons (Fsp3) is 0.100. The number of fused-ring (bicyclic) bond motifs is 10. The lowest BCUT2D eigenvalue weighted by Gasteiger charge is -2.43. The van der Waals surface area contributed by atoms with E-state index in [1.807, 2.05) is 0 Å². The summed E-state index contributed by atoms with van der Waals surface area (Å²) in [5.41, 5.74) is 10.5. The Kier molecular flexibility index (Phi) is 7.08. The third kappa shape index (κ3) is 4.77. The summed E-state index contributed by atoms with van der Waals surface area (Å²) in [5.74, 6) is 3.17. The SMILES string of the molecule is C1=CC2c3ccccc3C3(c4ccccc4Oc4ccc(C5N=C(c6ccccc6)NC(c6ccc7cc(-c8ccccc8)ccc7c6)N5)cc43)C2C=C1. The molecule has 0 amide bonds. The highest BCUT2D eigenvalue weighted by atomic mass is 16.5. The molecule has 5 unspecified atom stereocenters. The number of rotatable bonds is 4. The first-order chi connectivity index (χ1) is 26.7. The molecule has 2 aliphatic heterocycles. The van der Waals surface area contributed by atoms with Crippen molar-refractivity contribution in [2.75, 3.05) is 0 Å². The topological polar surface area (TPSA) is 45.6 Å². The molecule has 0 saturated carbocycles. The Morgan fingerprint density at radius 1 is 0.519 bits per heavy atom. The van der Waals surface area contributed by atoms with Gasteiger partial charge in [-0.1, -0.05) is 158 Å². The van der Waals surface area contributed by atoms with E-state index in [4.69, 9.17) is 9.73 Å². The lowest BCUT2D eigenvalue weighted by atomic mass is 9.61. The first kappa shape index (κ1) is 31.1. The largest absolute Gasteiger partial charge is 0.457 e. The van der Waals surface area contributed by atoms with E-state index in [2.05, 4.69) is 199 Å². The smallest absolute Gasteiger partial charge is 0.131 e. The minimum Gasteiger partial charge on any atom is -0.457 e. The zero-order valence-corrected chi connectivity index (χ0v) is 29.6. The average Bonchev–Trinajstić information content (AvgIpc) is 3.54. The number of benzene rings is 7. The maximum atomic E-state index is 6.75. The van der Waals surface area contributed by atoms with Crippen LogP contribution in [0.25, 0.3) is 21.9 Å². The van der Waals surface area contributed by atoms with E-state index in [0.29, 0.717) is 0 Å². The van der Waals surface area contributed by atoms with Crippen LogP contribution in [0.4, 0.5) is 0 Å². The lowest BCUT2D eigenvalue weighted by molar-refractivity contribution is 0.371. The summed E-state index contributed by atoms with van der Waals surface area (Å²) >= 11 is 0. The Bertz CT molecular complexity index is 2680. The van der Waals surface area contributed by atoms with E-state index in [1.165, 1.54) is 44.2 Å². The Labute approximate surface area is 315 Å². The summed E-state index contributed by atoms with van der Waals surface area (Å²) < 4.78 is 6.75. The standard InChI is InChI=1S/C50H37N3O/c1-3-13-32(14-4-1)34-23-24-36-30-37(26-25-35(36)29-34)48-51-47(33-15-5-2-6-16-33)52-49(53-48)38-27-28-46-44(31-38)50(43-21-11-12-22-45(43)54-46)41-19-9-7-17-39(41)40-18-8-10-20-42(40)50/h1-31,39,41,48-49,53H,(H,51,52). The molecule has 4 nitrogen and oxygen atoms in total. The molecule has 4 heteroatoms. The van der Waals surface area contributed by atoms with Gasteiger partial charge in [-0.3, -0.25) is 5.32 Å². The van der Waals surface area contributed by atoms with Gasteiger partial charge < -0.3 is 10.1 Å². The Balaban J connectivity index is 1.04. The van der Waals surface area contributed by atoms with Crippen LogP contribution in [0, 0.1) is 5.92 Å². The van der Waals surface area contributed by atoms with Gasteiger partial charge in [-0.05, 0) is 74.5 Å². The molecule has 0 fully saturated rings. The van der Waals surface area contributed by atoms with E-state index in [-0.39, 0.29) is 24.2 Å². The molecule has 2 heterocycles. The van der Waals surface area contributed by atoms with Crippen molar-refractivity contribution in [1.29, 1.82) is 0 Å². The van der Waals surface area contributed by atoms with Crippen LogP contribution in [-0.4, -0.2) is 5.84 Å². The lowest BCUT2D eigenvalue weighted by Crippen LogP contribution is -2.45. The number of amidine groups is 1. The maximum absolute atomic E-state index is 6.75. The van der Waals surface area contributed by atoms with Crippen LogP contribution in [-0.2, 0) is 5.41 Å². The Morgan fingerprint density at radius 3 is 2.07 bits per heavy atom. The second-order valence-corrected chi connectivity index (χ2v) is 14.7. The number of para-hydroxylation sites is 1. The van der Waals surface area contributed by atoms with E-state index in [1.54, 1.807) is 0 Å². The van der Waals surface area contributed by atoms with Crippen LogP contribution in [0.3, 0.4) is 0 Å². The predicted molar refractivity (Wildman–Crippen MR) is 218 cm³/mol. The highest BCUT2D eigenvalue weighted by Crippen LogP contribution is 2.64. The van der Waals surface area contributed by atoms with Gasteiger partial charge in [-0.2, -0.15) is 0 Å². The summed E-state index contributed by atoms with van der Waals surface area (Å²) in [6, 6.07) is 58.9. The zero-order chi connectivity index (χ0) is 35.6. The second-order valence-electron chi connectivity index (χ2n) is 14.7. The molecule has 1 spiro atoms. The molecule has 5 atom stereocenters. The fourth-order valence-corrected chi connectivity index (χ4v) is 9.45. The molecular formula is C50H37N3O. The monoisotopic (exact) mass is 695 g/mol. The van der Waals surface area contributed by atoms with E-state index < -0.39 is 5.41 Å². The second kappa shape index (κ2) is 12.3. The number of nitrogens with one attached hydrogen (secondary N) is 2. The van der Waals surface area contributed by atoms with Crippen molar-refractivity contribution in [3.63, 3.8) is 0 Å². The van der Waals surface area contributed by atoms with E-state index >= 15 is 0 Å². The summed E-state index contributed by atoms with van der Waals surface area (Å²) in [5, 5.41) is 10.1. The van der Waals surface area contributed by atoms with E-state index in [0.717, 1.165) is 34.0 Å². The van der Waals surface area contributed by atoms with Crippen LogP contribution < -0.4 is 15.4 Å². The van der Waals surface area contributed by atoms with Crippen molar-refractivity contribution >= 4 is 16.6 Å². The molecule has 54 heavy (non-hydrogen) atoms. The normalized spacial score (nSPS) is 23.1. The molecule has 4 aliphatic rings. The van der Waals surface area contributed by atoms with Crippen molar-refractivity contribution in [3.8, 4) is 22.6 Å². The molecule has 0 saturated heterocycles. The number of aliphatic imine (C=N–C) groups is 1. The number of ether oxygens (including phenoxy) is 1. The summed E-state index contributed by atoms with van der Waals surface area (Å²) in [6.45, 7) is 0. The molecular weight excluding hydrogens is 659 g/mol. The highest BCUT2D eigenvalue weighted by molar-refractivity contribution is 5.99. The maximum Gasteiger partial charge on any atom is 0.131 e. The summed E-state index contributed by atoms with van der Waals surface area (Å²) in [4.78, 5) is 5.37. The molecule has 0 radical (unpaired) electrons. The highest BCUT2D eigenvalue weighted by Gasteiger charge is 2.56. The quantitative estimate of drug-likeness (QED) is 0.193. The minimum absolute atomic E-state index is 0.175. The van der Waals surface area contributed by atoms with Gasteiger partial charge in [-0.25, -0.2) is 4.99 Å².